The van der Waals surface area contributed by atoms with Gasteiger partial charge in [0.1, 0.15) is 0 Å². The highest BCUT2D eigenvalue weighted by Gasteiger charge is 2.20. The Balaban J connectivity index is 3.00. The summed E-state index contributed by atoms with van der Waals surface area (Å²) in [7, 11) is -1.68. The van der Waals surface area contributed by atoms with E-state index in [9.17, 15) is 18.0 Å². The molecule has 0 unspecified atom stereocenters. The first-order chi connectivity index (χ1) is 8.89. The van der Waals surface area contributed by atoms with Crippen LogP contribution in [0.25, 0.3) is 0 Å². The van der Waals surface area contributed by atoms with Crippen LogP contribution < -0.4 is 4.72 Å². The summed E-state index contributed by atoms with van der Waals surface area (Å²) in [6, 6.07) is 5.90. The third kappa shape index (κ3) is 4.25. The maximum Gasteiger partial charge on any atom is 0.339 e. The Kier molecular flexibility index (Phi) is 4.87. The minimum atomic E-state index is -3.94. The highest BCUT2D eigenvalue weighted by molar-refractivity contribution is 7.93. The van der Waals surface area contributed by atoms with E-state index in [-0.39, 0.29) is 11.3 Å². The zero-order valence-corrected chi connectivity index (χ0v) is 11.2. The molecule has 0 aliphatic carbocycles. The van der Waals surface area contributed by atoms with Crippen LogP contribution in [0.15, 0.2) is 24.3 Å². The van der Waals surface area contributed by atoms with Crippen LogP contribution in [-0.2, 0) is 24.3 Å². The van der Waals surface area contributed by atoms with Crippen molar-refractivity contribution in [3.05, 3.63) is 29.8 Å². The number of carbonyl (C=O) groups excluding carboxylic acids is 2. The summed E-state index contributed by atoms with van der Waals surface area (Å²) in [6.45, 7) is 0. The van der Waals surface area contributed by atoms with Crippen molar-refractivity contribution in [2.75, 3.05) is 24.7 Å². The van der Waals surface area contributed by atoms with Gasteiger partial charge in [0.2, 0.25) is 10.0 Å². The molecule has 1 aromatic carbocycles. The third-order valence-electron chi connectivity index (χ3n) is 2.13. The van der Waals surface area contributed by atoms with Gasteiger partial charge >= 0.3 is 11.9 Å². The summed E-state index contributed by atoms with van der Waals surface area (Å²) in [5.74, 6) is -2.42. The van der Waals surface area contributed by atoms with Crippen LogP contribution in [0.4, 0.5) is 5.69 Å². The van der Waals surface area contributed by atoms with Gasteiger partial charge in [-0.05, 0) is 12.1 Å². The predicted molar refractivity (Wildman–Crippen MR) is 67.2 cm³/mol. The van der Waals surface area contributed by atoms with Gasteiger partial charge < -0.3 is 9.47 Å². The monoisotopic (exact) mass is 287 g/mol. The lowest BCUT2D eigenvalue weighted by atomic mass is 10.2. The second kappa shape index (κ2) is 6.19. The highest BCUT2D eigenvalue weighted by Crippen LogP contribution is 2.17. The van der Waals surface area contributed by atoms with Crippen molar-refractivity contribution >= 4 is 27.6 Å². The average molecular weight is 287 g/mol. The van der Waals surface area contributed by atoms with Crippen molar-refractivity contribution in [2.24, 2.45) is 0 Å². The summed E-state index contributed by atoms with van der Waals surface area (Å²) in [5.41, 5.74) is 0.0942. The fraction of sp³-hybridized carbons (Fsp3) is 0.273. The molecular weight excluding hydrogens is 274 g/mol. The van der Waals surface area contributed by atoms with Gasteiger partial charge in [-0.25, -0.2) is 13.2 Å². The number of rotatable bonds is 5. The molecule has 0 saturated carbocycles. The van der Waals surface area contributed by atoms with Crippen LogP contribution in [0.3, 0.4) is 0 Å². The number of para-hydroxylation sites is 1. The Morgan fingerprint density at radius 3 is 2.37 bits per heavy atom. The number of sulfonamides is 1. The van der Waals surface area contributed by atoms with Crippen molar-refractivity contribution in [3.8, 4) is 0 Å². The fourth-order valence-corrected chi connectivity index (χ4v) is 2.29. The number of methoxy groups -OCH3 is 2. The molecule has 104 valence electrons. The predicted octanol–water partition coefficient (Wildman–Crippen LogP) is 0.388. The molecule has 19 heavy (non-hydrogen) atoms. The van der Waals surface area contributed by atoms with E-state index in [0.717, 1.165) is 7.11 Å². The molecule has 0 fully saturated rings. The molecule has 0 heterocycles. The number of esters is 2. The van der Waals surface area contributed by atoms with Gasteiger partial charge in [0.25, 0.3) is 0 Å². The SMILES string of the molecule is COC(=O)CS(=O)(=O)Nc1ccccc1C(=O)OC. The van der Waals surface area contributed by atoms with Crippen molar-refractivity contribution in [1.29, 1.82) is 0 Å². The molecular formula is C11H13NO6S. The van der Waals surface area contributed by atoms with Gasteiger partial charge in [-0.2, -0.15) is 0 Å². The van der Waals surface area contributed by atoms with Gasteiger partial charge in [-0.3, -0.25) is 9.52 Å². The van der Waals surface area contributed by atoms with E-state index in [1.165, 1.54) is 19.2 Å². The molecule has 0 spiro atoms. The Labute approximate surface area is 110 Å². The number of nitrogens with one attached hydrogen (secondary N) is 1. The zero-order valence-electron chi connectivity index (χ0n) is 10.4. The minimum absolute atomic E-state index is 0.0400. The zero-order chi connectivity index (χ0) is 14.5. The molecule has 0 amide bonds. The largest absolute Gasteiger partial charge is 0.468 e. The van der Waals surface area contributed by atoms with E-state index in [2.05, 4.69) is 14.2 Å². The smallest absolute Gasteiger partial charge is 0.339 e. The molecule has 0 aromatic heterocycles. The molecule has 0 radical (unpaired) electrons. The number of carbonyl (C=O) groups is 2. The summed E-state index contributed by atoms with van der Waals surface area (Å²) in [4.78, 5) is 22.4. The molecule has 0 saturated heterocycles. The van der Waals surface area contributed by atoms with Crippen LogP contribution in [0.5, 0.6) is 0 Å². The van der Waals surface area contributed by atoms with Crippen molar-refractivity contribution in [3.63, 3.8) is 0 Å². The summed E-state index contributed by atoms with van der Waals surface area (Å²) in [6.07, 6.45) is 0. The summed E-state index contributed by atoms with van der Waals surface area (Å²) >= 11 is 0. The lowest BCUT2D eigenvalue weighted by Crippen LogP contribution is -2.24. The van der Waals surface area contributed by atoms with Gasteiger partial charge in [0, 0.05) is 0 Å². The molecule has 1 aromatic rings. The van der Waals surface area contributed by atoms with Crippen molar-refractivity contribution < 1.29 is 27.5 Å². The van der Waals surface area contributed by atoms with Crippen LogP contribution in [-0.4, -0.2) is 40.3 Å². The number of ether oxygens (including phenoxy) is 2. The van der Waals surface area contributed by atoms with E-state index in [0.29, 0.717) is 0 Å². The average Bonchev–Trinajstić information content (AvgIpc) is 2.37. The number of hydrogen-bond donors (Lipinski definition) is 1. The molecule has 8 heteroatoms. The summed E-state index contributed by atoms with van der Waals surface area (Å²) < 4.78 is 34.3. The standard InChI is InChI=1S/C11H13NO6S/c1-17-10(13)7-19(15,16)12-9-6-4-3-5-8(9)11(14)18-2/h3-6,12H,7H2,1-2H3. The first kappa shape index (κ1) is 15.0. The number of benzene rings is 1. The second-order valence-electron chi connectivity index (χ2n) is 3.47. The van der Waals surface area contributed by atoms with E-state index < -0.39 is 27.7 Å². The molecule has 1 rings (SSSR count). The Morgan fingerprint density at radius 2 is 1.79 bits per heavy atom. The van der Waals surface area contributed by atoms with Crippen LogP contribution in [0, 0.1) is 0 Å². The van der Waals surface area contributed by atoms with Gasteiger partial charge in [-0.15, -0.1) is 0 Å². The fourth-order valence-electron chi connectivity index (χ4n) is 1.28. The van der Waals surface area contributed by atoms with Crippen molar-refractivity contribution in [1.82, 2.24) is 0 Å². The second-order valence-corrected chi connectivity index (χ2v) is 5.20. The molecule has 0 aliphatic heterocycles. The van der Waals surface area contributed by atoms with Crippen molar-refractivity contribution in [2.45, 2.75) is 0 Å². The maximum absolute atomic E-state index is 11.7. The Bertz CT molecular complexity index is 581. The van der Waals surface area contributed by atoms with E-state index in [4.69, 9.17) is 0 Å². The molecule has 0 aliphatic rings. The van der Waals surface area contributed by atoms with Crippen LogP contribution >= 0.6 is 0 Å². The van der Waals surface area contributed by atoms with E-state index in [1.54, 1.807) is 12.1 Å². The minimum Gasteiger partial charge on any atom is -0.468 e. The van der Waals surface area contributed by atoms with Crippen LogP contribution in [0.2, 0.25) is 0 Å². The van der Waals surface area contributed by atoms with E-state index >= 15 is 0 Å². The molecule has 0 bridgehead atoms. The third-order valence-corrected chi connectivity index (χ3v) is 3.28. The summed E-state index contributed by atoms with van der Waals surface area (Å²) in [5, 5.41) is 0. The van der Waals surface area contributed by atoms with Gasteiger partial charge in [0.05, 0.1) is 25.5 Å². The molecule has 1 N–H and O–H groups in total. The highest BCUT2D eigenvalue weighted by atomic mass is 32.2. The topological polar surface area (TPSA) is 98.8 Å². The Hall–Kier alpha value is -2.09. The first-order valence-electron chi connectivity index (χ1n) is 5.14. The van der Waals surface area contributed by atoms with E-state index in [1.807, 2.05) is 0 Å². The van der Waals surface area contributed by atoms with Gasteiger partial charge in [0.15, 0.2) is 5.75 Å². The molecule has 0 atom stereocenters. The quantitative estimate of drug-likeness (QED) is 0.786. The lowest BCUT2D eigenvalue weighted by molar-refractivity contribution is -0.137. The van der Waals surface area contributed by atoms with Crippen LogP contribution in [0.1, 0.15) is 10.4 Å². The Morgan fingerprint density at radius 1 is 1.16 bits per heavy atom. The normalized spacial score (nSPS) is 10.6. The first-order valence-corrected chi connectivity index (χ1v) is 6.79. The maximum atomic E-state index is 11.7. The number of hydrogen-bond acceptors (Lipinski definition) is 6. The van der Waals surface area contributed by atoms with Gasteiger partial charge in [-0.1, -0.05) is 12.1 Å². The lowest BCUT2D eigenvalue weighted by Gasteiger charge is -2.10. The number of anilines is 1. The molecule has 7 nitrogen and oxygen atoms in total.